The van der Waals surface area contributed by atoms with Gasteiger partial charge in [0.2, 0.25) is 0 Å². The Morgan fingerprint density at radius 1 is 1.26 bits per heavy atom. The third-order valence-corrected chi connectivity index (χ3v) is 3.24. The van der Waals surface area contributed by atoms with Gasteiger partial charge >= 0.3 is 17.5 Å². The van der Waals surface area contributed by atoms with Gasteiger partial charge in [0.15, 0.2) is 11.6 Å². The van der Waals surface area contributed by atoms with Gasteiger partial charge in [0.05, 0.1) is 11.2 Å². The van der Waals surface area contributed by atoms with Gasteiger partial charge < -0.3 is 19.6 Å². The van der Waals surface area contributed by atoms with Crippen LogP contribution in [-0.4, -0.2) is 49.7 Å². The van der Waals surface area contributed by atoms with E-state index in [-0.39, 0.29) is 42.8 Å². The van der Waals surface area contributed by atoms with Crippen LogP contribution in [0.25, 0.3) is 0 Å². The summed E-state index contributed by atoms with van der Waals surface area (Å²) in [6.07, 6.45) is 3.67. The lowest BCUT2D eigenvalue weighted by atomic mass is 10.4. The molecule has 0 aliphatic rings. The van der Waals surface area contributed by atoms with Crippen molar-refractivity contribution in [2.45, 2.75) is 6.54 Å². The first-order valence-electron chi connectivity index (χ1n) is 7.62. The van der Waals surface area contributed by atoms with E-state index in [4.69, 9.17) is 8.94 Å². The summed E-state index contributed by atoms with van der Waals surface area (Å²) in [7, 11) is 0. The molecule has 3 heterocycles. The summed E-state index contributed by atoms with van der Waals surface area (Å²) in [6.45, 7) is 0.307. The van der Waals surface area contributed by atoms with Crippen molar-refractivity contribution in [3.63, 3.8) is 0 Å². The molecule has 0 aliphatic heterocycles. The Labute approximate surface area is 150 Å². The van der Waals surface area contributed by atoms with E-state index in [1.807, 2.05) is 0 Å². The van der Waals surface area contributed by atoms with E-state index in [1.165, 1.54) is 23.2 Å². The number of rotatable bonds is 8. The Kier molecular flexibility index (Phi) is 5.20. The zero-order chi connectivity index (χ0) is 19.2. The topological polar surface area (TPSA) is 171 Å². The summed E-state index contributed by atoms with van der Waals surface area (Å²) in [5.74, 6) is -0.995. The minimum Gasteiger partial charge on any atom is -0.459 e. The van der Waals surface area contributed by atoms with Crippen LogP contribution in [0.15, 0.2) is 39.7 Å². The summed E-state index contributed by atoms with van der Waals surface area (Å²) >= 11 is 0. The first kappa shape index (κ1) is 17.8. The van der Waals surface area contributed by atoms with Gasteiger partial charge in [0.25, 0.3) is 5.91 Å². The first-order valence-corrected chi connectivity index (χ1v) is 7.62. The van der Waals surface area contributed by atoms with E-state index in [2.05, 4.69) is 25.9 Å². The molecule has 0 atom stereocenters. The van der Waals surface area contributed by atoms with Crippen molar-refractivity contribution >= 4 is 17.5 Å². The first-order chi connectivity index (χ1) is 13.0. The fourth-order valence-electron chi connectivity index (χ4n) is 2.01. The maximum Gasteiger partial charge on any atom is 0.316 e. The molecule has 0 spiro atoms. The van der Waals surface area contributed by atoms with Crippen LogP contribution in [0.5, 0.6) is 0 Å². The Morgan fingerprint density at radius 2 is 2.04 bits per heavy atom. The Bertz CT molecular complexity index is 945. The average Bonchev–Trinajstić information content (AvgIpc) is 3.39. The van der Waals surface area contributed by atoms with Crippen LogP contribution in [-0.2, 0) is 6.54 Å². The molecule has 13 heteroatoms. The van der Waals surface area contributed by atoms with Gasteiger partial charge in [-0.15, -0.1) is 0 Å². The highest BCUT2D eigenvalue weighted by atomic mass is 16.6. The molecule has 0 fully saturated rings. The number of hydrogen-bond donors (Lipinski definition) is 2. The molecule has 0 saturated heterocycles. The molecule has 140 valence electrons. The van der Waals surface area contributed by atoms with E-state index >= 15 is 0 Å². The van der Waals surface area contributed by atoms with Gasteiger partial charge in [-0.05, 0) is 12.1 Å². The highest BCUT2D eigenvalue weighted by Gasteiger charge is 2.16. The van der Waals surface area contributed by atoms with Gasteiger partial charge in [-0.3, -0.25) is 24.4 Å². The molecule has 0 unspecified atom stereocenters. The zero-order valence-corrected chi connectivity index (χ0v) is 13.7. The molecule has 0 saturated carbocycles. The second-order valence-electron chi connectivity index (χ2n) is 5.16. The number of carbonyl (C=O) groups excluding carboxylic acids is 2. The summed E-state index contributed by atoms with van der Waals surface area (Å²) in [6, 6.07) is 3.10. The highest BCUT2D eigenvalue weighted by Crippen LogP contribution is 2.09. The Hall–Kier alpha value is -4.03. The molecular formula is C14H13N7O6. The van der Waals surface area contributed by atoms with E-state index in [1.54, 1.807) is 6.07 Å². The van der Waals surface area contributed by atoms with Crippen LogP contribution < -0.4 is 10.6 Å². The van der Waals surface area contributed by atoms with Crippen molar-refractivity contribution in [3.05, 3.63) is 58.4 Å². The summed E-state index contributed by atoms with van der Waals surface area (Å²) in [4.78, 5) is 37.5. The molecule has 0 radical (unpaired) electrons. The van der Waals surface area contributed by atoms with Crippen molar-refractivity contribution < 1.29 is 23.5 Å². The maximum atomic E-state index is 11.9. The van der Waals surface area contributed by atoms with Crippen LogP contribution in [0.3, 0.4) is 0 Å². The van der Waals surface area contributed by atoms with Gasteiger partial charge in [-0.1, -0.05) is 5.16 Å². The number of nitrogens with one attached hydrogen (secondary N) is 2. The lowest BCUT2D eigenvalue weighted by Crippen LogP contribution is -2.34. The molecule has 0 aliphatic carbocycles. The van der Waals surface area contributed by atoms with Gasteiger partial charge in [-0.25, -0.2) is 0 Å². The lowest BCUT2D eigenvalue weighted by Gasteiger charge is -2.03. The summed E-state index contributed by atoms with van der Waals surface area (Å²) in [5, 5.41) is 23.1. The number of hydrogen-bond acceptors (Lipinski definition) is 9. The van der Waals surface area contributed by atoms with Crippen molar-refractivity contribution in [2.24, 2.45) is 0 Å². The predicted octanol–water partition coefficient (Wildman–Crippen LogP) is -0.0246. The SMILES string of the molecule is O=C(NCCNC(=O)c1nc(Cn2cc([N+](=O)[O-])cn2)no1)c1ccco1. The van der Waals surface area contributed by atoms with E-state index in [0.29, 0.717) is 0 Å². The van der Waals surface area contributed by atoms with Crippen molar-refractivity contribution in [1.82, 2.24) is 30.6 Å². The van der Waals surface area contributed by atoms with Crippen LogP contribution in [0, 0.1) is 10.1 Å². The second-order valence-corrected chi connectivity index (χ2v) is 5.16. The standard InChI is InChI=1S/C14H13N7O6/c22-12(10-2-1-5-26-10)15-3-4-16-13(23)14-18-11(19-27-14)8-20-7-9(6-17-20)21(24)25/h1-2,5-7H,3-4,8H2,(H,15,22)(H,16,23). The molecular weight excluding hydrogens is 362 g/mol. The number of nitrogens with zero attached hydrogens (tertiary/aromatic N) is 5. The molecule has 27 heavy (non-hydrogen) atoms. The summed E-state index contributed by atoms with van der Waals surface area (Å²) in [5.41, 5.74) is -0.173. The number of amides is 2. The second kappa shape index (κ2) is 7.90. The maximum absolute atomic E-state index is 11.9. The lowest BCUT2D eigenvalue weighted by molar-refractivity contribution is -0.385. The van der Waals surface area contributed by atoms with E-state index in [9.17, 15) is 19.7 Å². The van der Waals surface area contributed by atoms with Crippen molar-refractivity contribution in [1.29, 1.82) is 0 Å². The minimum absolute atomic E-state index is 0.00379. The summed E-state index contributed by atoms with van der Waals surface area (Å²) < 4.78 is 11.0. The molecule has 13 nitrogen and oxygen atoms in total. The fraction of sp³-hybridized carbons (Fsp3) is 0.214. The average molecular weight is 375 g/mol. The van der Waals surface area contributed by atoms with Crippen LogP contribution in [0.1, 0.15) is 27.1 Å². The van der Waals surface area contributed by atoms with Crippen molar-refractivity contribution in [2.75, 3.05) is 13.1 Å². The van der Waals surface area contributed by atoms with E-state index in [0.717, 1.165) is 6.20 Å². The largest absolute Gasteiger partial charge is 0.459 e. The molecule has 0 aromatic carbocycles. The van der Waals surface area contributed by atoms with E-state index < -0.39 is 16.7 Å². The molecule has 2 N–H and O–H groups in total. The predicted molar refractivity (Wildman–Crippen MR) is 85.7 cm³/mol. The number of aromatic nitrogens is 4. The van der Waals surface area contributed by atoms with Crippen LogP contribution in [0.2, 0.25) is 0 Å². The highest BCUT2D eigenvalue weighted by molar-refractivity contribution is 5.91. The molecule has 2 amide bonds. The van der Waals surface area contributed by atoms with Crippen LogP contribution >= 0.6 is 0 Å². The van der Waals surface area contributed by atoms with Crippen LogP contribution in [0.4, 0.5) is 5.69 Å². The monoisotopic (exact) mass is 375 g/mol. The van der Waals surface area contributed by atoms with Gasteiger partial charge in [0, 0.05) is 13.1 Å². The third kappa shape index (κ3) is 4.53. The quantitative estimate of drug-likeness (QED) is 0.311. The third-order valence-electron chi connectivity index (χ3n) is 3.24. The zero-order valence-electron chi connectivity index (χ0n) is 13.7. The molecule has 3 aromatic rings. The van der Waals surface area contributed by atoms with Gasteiger partial charge in [-0.2, -0.15) is 10.1 Å². The van der Waals surface area contributed by atoms with Crippen molar-refractivity contribution in [3.8, 4) is 0 Å². The molecule has 3 rings (SSSR count). The fourth-order valence-corrected chi connectivity index (χ4v) is 2.01. The van der Waals surface area contributed by atoms with Gasteiger partial charge in [0.1, 0.15) is 18.9 Å². The minimum atomic E-state index is -0.618. The Balaban J connectivity index is 1.45. The Morgan fingerprint density at radius 3 is 2.70 bits per heavy atom. The molecule has 0 bridgehead atoms. The number of nitro groups is 1. The smallest absolute Gasteiger partial charge is 0.316 e. The number of furan rings is 1. The normalized spacial score (nSPS) is 10.5. The number of carbonyl (C=O) groups is 2. The molecule has 3 aromatic heterocycles.